The number of carbonyl (C=O) groups excluding carboxylic acids is 1. The summed E-state index contributed by atoms with van der Waals surface area (Å²) in [5, 5.41) is 14.3. The largest absolute Gasteiger partial charge is 0.319 e. The summed E-state index contributed by atoms with van der Waals surface area (Å²) in [6.07, 6.45) is 3.13. The fourth-order valence-electron chi connectivity index (χ4n) is 2.64. The van der Waals surface area contributed by atoms with Crippen LogP contribution in [0.15, 0.2) is 41.4 Å². The van der Waals surface area contributed by atoms with Crippen molar-refractivity contribution in [2.24, 2.45) is 0 Å². The van der Waals surface area contributed by atoms with Gasteiger partial charge in [0.15, 0.2) is 5.13 Å². The fraction of sp³-hybridized carbons (Fsp3) is 0.105. The maximum absolute atomic E-state index is 13.7. The summed E-state index contributed by atoms with van der Waals surface area (Å²) < 4.78 is 28.6. The average molecular weight is 384 g/mol. The Morgan fingerprint density at radius 3 is 2.74 bits per heavy atom. The summed E-state index contributed by atoms with van der Waals surface area (Å²) in [7, 11) is 0. The van der Waals surface area contributed by atoms with Crippen LogP contribution in [0.25, 0.3) is 11.2 Å². The third-order valence-electron chi connectivity index (χ3n) is 3.93. The third-order valence-corrected chi connectivity index (χ3v) is 4.68. The molecule has 3 aromatic rings. The van der Waals surface area contributed by atoms with Crippen LogP contribution in [-0.4, -0.2) is 15.5 Å². The molecule has 0 aliphatic heterocycles. The predicted molar refractivity (Wildman–Crippen MR) is 99.5 cm³/mol. The van der Waals surface area contributed by atoms with Gasteiger partial charge in [-0.2, -0.15) is 5.26 Å². The highest BCUT2D eigenvalue weighted by molar-refractivity contribution is 7.12. The minimum Gasteiger partial charge on any atom is -0.319 e. The summed E-state index contributed by atoms with van der Waals surface area (Å²) in [5.41, 5.74) is 2.00. The van der Waals surface area contributed by atoms with E-state index in [4.69, 9.17) is 0 Å². The van der Waals surface area contributed by atoms with Crippen LogP contribution in [0.1, 0.15) is 17.0 Å². The van der Waals surface area contributed by atoms with Gasteiger partial charge in [0, 0.05) is 29.0 Å². The van der Waals surface area contributed by atoms with Crippen molar-refractivity contribution in [1.29, 1.82) is 5.26 Å². The number of benzene rings is 1. The van der Waals surface area contributed by atoms with E-state index in [2.05, 4.69) is 10.3 Å². The second-order valence-corrected chi connectivity index (χ2v) is 6.60. The van der Waals surface area contributed by atoms with Crippen molar-refractivity contribution in [1.82, 2.24) is 9.55 Å². The first-order chi connectivity index (χ1) is 12.9. The lowest BCUT2D eigenvalue weighted by atomic mass is 10.1. The molecule has 0 unspecified atom stereocenters. The topological polar surface area (TPSA) is 70.7 Å². The van der Waals surface area contributed by atoms with Crippen LogP contribution < -0.4 is 5.32 Å². The average Bonchev–Trinajstić information content (AvgIpc) is 3.23. The van der Waals surface area contributed by atoms with Gasteiger partial charge in [-0.1, -0.05) is 0 Å². The van der Waals surface area contributed by atoms with Gasteiger partial charge < -0.3 is 5.32 Å². The van der Waals surface area contributed by atoms with E-state index < -0.39 is 17.5 Å². The van der Waals surface area contributed by atoms with Crippen LogP contribution in [0, 0.1) is 36.8 Å². The predicted octanol–water partition coefficient (Wildman–Crippen LogP) is 4.37. The Bertz CT molecular complexity index is 1080. The number of hydrogen-bond acceptors (Lipinski definition) is 4. The van der Waals surface area contributed by atoms with Crippen LogP contribution in [0.4, 0.5) is 14.5 Å². The zero-order valence-electron chi connectivity index (χ0n) is 14.5. The first-order valence-electron chi connectivity index (χ1n) is 7.87. The van der Waals surface area contributed by atoms with E-state index in [0.29, 0.717) is 11.6 Å². The van der Waals surface area contributed by atoms with Gasteiger partial charge in [0.1, 0.15) is 23.3 Å². The normalized spacial score (nSPS) is 11.3. The summed E-state index contributed by atoms with van der Waals surface area (Å²) in [6.45, 7) is 3.75. The lowest BCUT2D eigenvalue weighted by molar-refractivity contribution is -0.112. The zero-order chi connectivity index (χ0) is 19.6. The van der Waals surface area contributed by atoms with Gasteiger partial charge in [-0.3, -0.25) is 9.36 Å². The van der Waals surface area contributed by atoms with E-state index in [1.165, 1.54) is 17.4 Å². The number of halogens is 2. The molecule has 0 radical (unpaired) electrons. The van der Waals surface area contributed by atoms with Crippen molar-refractivity contribution in [2.45, 2.75) is 13.8 Å². The number of nitrogens with one attached hydrogen (secondary N) is 1. The quantitative estimate of drug-likeness (QED) is 0.536. The van der Waals surface area contributed by atoms with Crippen LogP contribution >= 0.6 is 11.3 Å². The lowest BCUT2D eigenvalue weighted by Gasteiger charge is -2.06. The van der Waals surface area contributed by atoms with Crippen molar-refractivity contribution in [3.8, 4) is 11.2 Å². The first-order valence-corrected chi connectivity index (χ1v) is 8.75. The zero-order valence-corrected chi connectivity index (χ0v) is 15.3. The Balaban J connectivity index is 1.92. The van der Waals surface area contributed by atoms with Crippen molar-refractivity contribution in [3.05, 3.63) is 70.0 Å². The molecule has 0 atom stereocenters. The second kappa shape index (κ2) is 7.51. The van der Waals surface area contributed by atoms with E-state index in [1.807, 2.05) is 35.9 Å². The number of thiazole rings is 1. The summed E-state index contributed by atoms with van der Waals surface area (Å²) in [4.78, 5) is 16.6. The Kier molecular flexibility index (Phi) is 5.14. The minimum absolute atomic E-state index is 0.196. The summed E-state index contributed by atoms with van der Waals surface area (Å²) in [5.74, 6) is -2.44. The molecule has 0 aliphatic rings. The number of nitriles is 1. The number of hydrogen-bond donors (Lipinski definition) is 1. The van der Waals surface area contributed by atoms with Crippen LogP contribution in [-0.2, 0) is 4.79 Å². The van der Waals surface area contributed by atoms with Crippen molar-refractivity contribution in [2.75, 3.05) is 5.32 Å². The van der Waals surface area contributed by atoms with E-state index in [0.717, 1.165) is 28.7 Å². The molecule has 1 aromatic carbocycles. The Morgan fingerprint density at radius 2 is 2.11 bits per heavy atom. The lowest BCUT2D eigenvalue weighted by Crippen LogP contribution is -2.14. The number of anilines is 1. The number of carbonyl (C=O) groups is 1. The third kappa shape index (κ3) is 3.78. The second-order valence-electron chi connectivity index (χ2n) is 5.72. The Labute approximate surface area is 158 Å². The summed E-state index contributed by atoms with van der Waals surface area (Å²) in [6, 6.07) is 6.44. The van der Waals surface area contributed by atoms with E-state index >= 15 is 0 Å². The molecule has 8 heteroatoms. The highest BCUT2D eigenvalue weighted by Gasteiger charge is 2.16. The fourth-order valence-corrected chi connectivity index (χ4v) is 3.39. The van der Waals surface area contributed by atoms with Crippen molar-refractivity contribution >= 4 is 29.0 Å². The molecule has 0 saturated heterocycles. The molecule has 5 nitrogen and oxygen atoms in total. The van der Waals surface area contributed by atoms with Gasteiger partial charge in [-0.25, -0.2) is 13.8 Å². The molecule has 0 spiro atoms. The van der Waals surface area contributed by atoms with Crippen molar-refractivity contribution in [3.63, 3.8) is 0 Å². The Hall–Kier alpha value is -3.31. The van der Waals surface area contributed by atoms with Crippen LogP contribution in [0.5, 0.6) is 0 Å². The van der Waals surface area contributed by atoms with E-state index in [1.54, 1.807) is 6.20 Å². The first kappa shape index (κ1) is 18.5. The number of rotatable bonds is 4. The van der Waals surface area contributed by atoms with Gasteiger partial charge in [-0.15, -0.1) is 11.3 Å². The maximum Gasteiger partial charge on any atom is 0.266 e. The van der Waals surface area contributed by atoms with Gasteiger partial charge in [0.05, 0.1) is 5.69 Å². The van der Waals surface area contributed by atoms with Gasteiger partial charge >= 0.3 is 0 Å². The van der Waals surface area contributed by atoms with Crippen molar-refractivity contribution < 1.29 is 13.6 Å². The van der Waals surface area contributed by atoms with Gasteiger partial charge in [-0.05, 0) is 43.7 Å². The summed E-state index contributed by atoms with van der Waals surface area (Å²) >= 11 is 1.47. The van der Waals surface area contributed by atoms with Crippen LogP contribution in [0.2, 0.25) is 0 Å². The molecule has 0 saturated carbocycles. The molecule has 1 N–H and O–H groups in total. The molecule has 0 aliphatic carbocycles. The van der Waals surface area contributed by atoms with Gasteiger partial charge in [0.25, 0.3) is 5.91 Å². The highest BCUT2D eigenvalue weighted by atomic mass is 32.1. The molecule has 3 rings (SSSR count). The maximum atomic E-state index is 13.7. The van der Waals surface area contributed by atoms with Crippen LogP contribution in [0.3, 0.4) is 0 Å². The molecule has 2 aromatic heterocycles. The molecule has 0 fully saturated rings. The SMILES string of the molecule is Cc1cc(/C=C(\C#N)C(=O)Nc2ccc(F)cc2F)c(C)n1-c1nccs1. The number of aromatic nitrogens is 2. The Morgan fingerprint density at radius 1 is 1.33 bits per heavy atom. The number of nitrogens with zero attached hydrogens (tertiary/aromatic N) is 3. The molecule has 1 amide bonds. The number of amides is 1. The molecule has 136 valence electrons. The molecule has 2 heterocycles. The molecular weight excluding hydrogens is 370 g/mol. The number of aryl methyl sites for hydroxylation is 1. The molecular formula is C19H14F2N4OS. The highest BCUT2D eigenvalue weighted by Crippen LogP contribution is 2.24. The monoisotopic (exact) mass is 384 g/mol. The van der Waals surface area contributed by atoms with E-state index in [9.17, 15) is 18.8 Å². The minimum atomic E-state index is -0.914. The molecule has 27 heavy (non-hydrogen) atoms. The standard InChI is InChI=1S/C19H14F2N4OS/c1-11-7-13(12(2)25(11)19-23-5-6-27-19)8-14(10-22)18(26)24-17-4-3-15(20)9-16(17)21/h3-9H,1-2H3,(H,24,26)/b14-8+. The molecule has 0 bridgehead atoms. The smallest absolute Gasteiger partial charge is 0.266 e. The van der Waals surface area contributed by atoms with E-state index in [-0.39, 0.29) is 11.3 Å². The van der Waals surface area contributed by atoms with Gasteiger partial charge in [0.2, 0.25) is 0 Å².